The Kier molecular flexibility index (Phi) is 123. The third-order valence-corrected chi connectivity index (χ3v) is 0. The first-order chi connectivity index (χ1) is 0. The van der Waals surface area contributed by atoms with Gasteiger partial charge in [-0.2, -0.15) is 0 Å². The molecule has 0 nitrogen and oxygen atoms in total. The predicted molar refractivity (Wildman–Crippen MR) is 7.37 cm³/mol. The third-order valence-electron chi connectivity index (χ3n) is 0. The summed E-state index contributed by atoms with van der Waals surface area (Å²) in [6, 6.07) is 0. The summed E-state index contributed by atoms with van der Waals surface area (Å²) in [5.74, 6) is 0. The molecule has 0 heterocycles. The topological polar surface area (TPSA) is 0 Å². The van der Waals surface area contributed by atoms with Crippen LogP contribution < -0.4 is 0 Å². The summed E-state index contributed by atoms with van der Waals surface area (Å²) in [6.45, 7) is 0. The van der Waals surface area contributed by atoms with Gasteiger partial charge < -0.3 is 13.5 Å². The zero-order valence-corrected chi connectivity index (χ0v) is 15.8. The third kappa shape index (κ3) is 8.85. The van der Waals surface area contributed by atoms with Crippen LogP contribution in [0.25, 0.3) is 0 Å². The molecule has 0 unspecified atom stereocenters. The molecule has 0 aliphatic heterocycles. The van der Waals surface area contributed by atoms with E-state index in [1.54, 1.807) is 0 Å². The summed E-state index contributed by atoms with van der Waals surface area (Å²) >= 11 is 0. The fraction of sp³-hybridized carbons (Fsp3) is 0. The smallest absolute Gasteiger partial charge is 2.00 e. The molecule has 0 fully saturated rings. The Morgan fingerprint density at radius 1 is 1.00 bits per heavy atom. The monoisotopic (exact) mass is 412 g/mol. The van der Waals surface area contributed by atoms with Crippen LogP contribution in [0.2, 0.25) is 0 Å². The second kappa shape index (κ2) is 17.0. The molecule has 0 amide bonds. The van der Waals surface area contributed by atoms with Gasteiger partial charge in [0.15, 0.2) is 0 Å². The Bertz CT molecular complexity index is 8.00. The molecule has 0 saturated heterocycles. The largest absolute Gasteiger partial charge is 2.00 e. The summed E-state index contributed by atoms with van der Waals surface area (Å²) in [4.78, 5) is 0. The van der Waals surface area contributed by atoms with Crippen LogP contribution >= 0.6 is 0 Å². The number of hydrogen-bond donors (Lipinski definition) is 0. The van der Waals surface area contributed by atoms with Gasteiger partial charge in [0.25, 0.3) is 0 Å². The Labute approximate surface area is 86.4 Å². The molecule has 0 bridgehead atoms. The molecule has 0 aliphatic rings. The molecular weight excluding hydrogens is 410 g/mol. The summed E-state index contributed by atoms with van der Waals surface area (Å²) in [6.07, 6.45) is 0. The van der Waals surface area contributed by atoms with Crippen molar-refractivity contribution >= 4 is 13.5 Å². The Hall–Kier alpha value is 2.83. The Morgan fingerprint density at radius 3 is 1.00 bits per heavy atom. The van der Waals surface area contributed by atoms with E-state index in [2.05, 4.69) is 0 Å². The van der Waals surface area contributed by atoms with Gasteiger partial charge in [0.1, 0.15) is 0 Å². The quantitative estimate of drug-likeness (QED) is 0.493. The average Bonchev–Trinajstić information content (AvgIpc) is 0. The molecular formula is CdHgSZn+3. The predicted octanol–water partition coefficient (Wildman–Crippen LogP) is -0.00990. The molecule has 0 saturated carbocycles. The standard InChI is InChI=1S/Cd.Hg.S.Zn/q+2;+1;-2;+2. The molecule has 0 atom stereocenters. The van der Waals surface area contributed by atoms with Crippen molar-refractivity contribution in [3.8, 4) is 0 Å². The van der Waals surface area contributed by atoms with Crippen LogP contribution in [0.1, 0.15) is 0 Å². The van der Waals surface area contributed by atoms with E-state index in [1.807, 2.05) is 0 Å². The number of hydrogen-bond acceptors (Lipinski definition) is 0. The summed E-state index contributed by atoms with van der Waals surface area (Å²) < 4.78 is 0. The van der Waals surface area contributed by atoms with Gasteiger partial charge in [-0.25, -0.2) is 0 Å². The van der Waals surface area contributed by atoms with E-state index in [-0.39, 0.29) is 87.9 Å². The van der Waals surface area contributed by atoms with Crippen molar-refractivity contribution in [1.29, 1.82) is 0 Å². The molecule has 0 N–H and O–H groups in total. The first-order valence-corrected chi connectivity index (χ1v) is 0. The Balaban J connectivity index is 0. The van der Waals surface area contributed by atoms with Crippen LogP contribution in [-0.4, -0.2) is 0 Å². The molecule has 0 aliphatic carbocycles. The van der Waals surface area contributed by atoms with E-state index in [9.17, 15) is 0 Å². The maximum absolute atomic E-state index is 0. The van der Waals surface area contributed by atoms with Crippen LogP contribution in [-0.2, 0) is 87.9 Å². The molecule has 9 valence electrons. The SMILES string of the molecule is [Cd+2].[Hg+].[S-2].[Zn+2]. The van der Waals surface area contributed by atoms with Crippen molar-refractivity contribution in [1.82, 2.24) is 0 Å². The molecule has 0 aromatic rings. The molecule has 4 heavy (non-hydrogen) atoms. The molecule has 0 spiro atoms. The van der Waals surface area contributed by atoms with Gasteiger partial charge in [0, 0.05) is 0 Å². The normalized spacial score (nSPS) is 0. The van der Waals surface area contributed by atoms with Crippen molar-refractivity contribution in [2.24, 2.45) is 0 Å². The van der Waals surface area contributed by atoms with Crippen molar-refractivity contribution in [3.05, 3.63) is 0 Å². The summed E-state index contributed by atoms with van der Waals surface area (Å²) in [5, 5.41) is 0. The van der Waals surface area contributed by atoms with Crippen LogP contribution in [0.5, 0.6) is 0 Å². The minimum Gasteiger partial charge on any atom is -2.00 e. The van der Waals surface area contributed by atoms with E-state index in [4.69, 9.17) is 0 Å². The minimum atomic E-state index is 0. The van der Waals surface area contributed by atoms with E-state index in [1.165, 1.54) is 0 Å². The van der Waals surface area contributed by atoms with Crippen LogP contribution in [0.3, 0.4) is 0 Å². The molecule has 0 rings (SSSR count). The van der Waals surface area contributed by atoms with Gasteiger partial charge in [-0.05, 0) is 0 Å². The molecule has 0 aromatic carbocycles. The number of rotatable bonds is 0. The second-order valence-corrected chi connectivity index (χ2v) is 0. The van der Waals surface area contributed by atoms with Gasteiger partial charge in [0.05, 0.1) is 0 Å². The minimum absolute atomic E-state index is 0. The van der Waals surface area contributed by atoms with E-state index >= 15 is 0 Å². The van der Waals surface area contributed by atoms with E-state index < -0.39 is 0 Å². The van der Waals surface area contributed by atoms with Crippen molar-refractivity contribution < 1.29 is 74.4 Å². The van der Waals surface area contributed by atoms with Gasteiger partial charge in [-0.1, -0.05) is 0 Å². The maximum Gasteiger partial charge on any atom is 2.00 e. The van der Waals surface area contributed by atoms with Gasteiger partial charge in [-0.3, -0.25) is 0 Å². The maximum atomic E-state index is 0. The zero-order chi connectivity index (χ0) is 0. The summed E-state index contributed by atoms with van der Waals surface area (Å²) in [7, 11) is 0. The fourth-order valence-corrected chi connectivity index (χ4v) is 0. The molecule has 0 aromatic heterocycles. The zero-order valence-electron chi connectivity index (χ0n) is 2.53. The van der Waals surface area contributed by atoms with Crippen LogP contribution in [0, 0.1) is 0 Å². The second-order valence-electron chi connectivity index (χ2n) is 0. The van der Waals surface area contributed by atoms with Gasteiger partial charge in [0.2, 0.25) is 0 Å². The first kappa shape index (κ1) is 29.0. The van der Waals surface area contributed by atoms with Crippen LogP contribution in [0.4, 0.5) is 0 Å². The average molecular weight is 410 g/mol. The molecule has 4 heteroatoms. The fourth-order valence-electron chi connectivity index (χ4n) is 0. The van der Waals surface area contributed by atoms with E-state index in [0.29, 0.717) is 0 Å². The van der Waals surface area contributed by atoms with Crippen molar-refractivity contribution in [3.63, 3.8) is 0 Å². The van der Waals surface area contributed by atoms with Gasteiger partial charge in [-0.15, -0.1) is 0 Å². The van der Waals surface area contributed by atoms with E-state index in [0.717, 1.165) is 0 Å². The van der Waals surface area contributed by atoms with Crippen molar-refractivity contribution in [2.45, 2.75) is 0 Å². The Morgan fingerprint density at radius 2 is 1.00 bits per heavy atom. The van der Waals surface area contributed by atoms with Crippen LogP contribution in [0.15, 0.2) is 0 Å². The molecule has 1 radical (unpaired) electrons. The van der Waals surface area contributed by atoms with Crippen molar-refractivity contribution in [2.75, 3.05) is 0 Å². The summed E-state index contributed by atoms with van der Waals surface area (Å²) in [5.41, 5.74) is 0. The van der Waals surface area contributed by atoms with Gasteiger partial charge >= 0.3 is 74.4 Å². The first-order valence-electron chi connectivity index (χ1n) is 0.